The van der Waals surface area contributed by atoms with Gasteiger partial charge in [-0.15, -0.1) is 0 Å². The van der Waals surface area contributed by atoms with Gasteiger partial charge in [0, 0.05) is 22.4 Å². The van der Waals surface area contributed by atoms with Gasteiger partial charge in [0.2, 0.25) is 0 Å². The number of ketones is 1. The van der Waals surface area contributed by atoms with Crippen LogP contribution in [0.4, 0.5) is 5.69 Å². The summed E-state index contributed by atoms with van der Waals surface area (Å²) in [7, 11) is 0. The fraction of sp³-hybridized carbons (Fsp3) is 0.261. The summed E-state index contributed by atoms with van der Waals surface area (Å²) in [6.07, 6.45) is -0.562. The number of hydrogen-bond donors (Lipinski definition) is 2. The van der Waals surface area contributed by atoms with Crippen molar-refractivity contribution in [2.45, 2.75) is 26.4 Å². The number of Topliss-reactive ketones (excluding diaryl/α,β-unsaturated/α-hetero) is 1. The van der Waals surface area contributed by atoms with Crippen LogP contribution in [-0.2, 0) is 14.3 Å². The van der Waals surface area contributed by atoms with Crippen molar-refractivity contribution in [2.75, 3.05) is 18.5 Å². The molecular formula is C23H22Cl2N2O5. The molecule has 0 saturated heterocycles. The summed E-state index contributed by atoms with van der Waals surface area (Å²) in [6, 6.07) is 11.9. The minimum atomic E-state index is -0.619. The number of benzene rings is 2. The van der Waals surface area contributed by atoms with Gasteiger partial charge in [-0.1, -0.05) is 53.5 Å². The van der Waals surface area contributed by atoms with Gasteiger partial charge in [-0.3, -0.25) is 9.59 Å². The quantitative estimate of drug-likeness (QED) is 0.322. The highest BCUT2D eigenvalue weighted by Crippen LogP contribution is 2.36. The van der Waals surface area contributed by atoms with Crippen LogP contribution in [0.3, 0.4) is 0 Å². The first-order valence-corrected chi connectivity index (χ1v) is 10.7. The lowest BCUT2D eigenvalue weighted by atomic mass is 10.1. The zero-order valence-corrected chi connectivity index (χ0v) is 19.0. The van der Waals surface area contributed by atoms with Crippen molar-refractivity contribution in [2.24, 2.45) is 0 Å². The number of ether oxygens (including phenoxy) is 2. The first-order valence-electron chi connectivity index (χ1n) is 9.99. The van der Waals surface area contributed by atoms with E-state index in [2.05, 4.69) is 10.3 Å². The SMILES string of the molecule is CCOC(=O)c1[nH]c2cc(Cl)cc(Cl)c2c1NCC(=O)OC(C)CC(=O)c1ccccc1. The lowest BCUT2D eigenvalue weighted by Gasteiger charge is -2.14. The summed E-state index contributed by atoms with van der Waals surface area (Å²) in [5.41, 5.74) is 1.50. The molecule has 0 bridgehead atoms. The first-order chi connectivity index (χ1) is 15.3. The second-order valence-corrected chi connectivity index (χ2v) is 7.90. The Kier molecular flexibility index (Phi) is 7.77. The topological polar surface area (TPSA) is 97.5 Å². The molecule has 0 aliphatic carbocycles. The Labute approximate surface area is 195 Å². The molecule has 32 heavy (non-hydrogen) atoms. The number of halogens is 2. The van der Waals surface area contributed by atoms with E-state index < -0.39 is 18.0 Å². The molecule has 1 heterocycles. The van der Waals surface area contributed by atoms with Crippen molar-refractivity contribution in [3.63, 3.8) is 0 Å². The van der Waals surface area contributed by atoms with E-state index in [9.17, 15) is 14.4 Å². The van der Waals surface area contributed by atoms with Crippen LogP contribution in [0, 0.1) is 0 Å². The number of carbonyl (C=O) groups excluding carboxylic acids is 3. The van der Waals surface area contributed by atoms with Crippen LogP contribution in [0.15, 0.2) is 42.5 Å². The fourth-order valence-corrected chi connectivity index (χ4v) is 3.84. The largest absolute Gasteiger partial charge is 0.461 e. The van der Waals surface area contributed by atoms with Gasteiger partial charge in [0.25, 0.3) is 0 Å². The van der Waals surface area contributed by atoms with Crippen molar-refractivity contribution in [3.05, 3.63) is 63.8 Å². The average Bonchev–Trinajstić information content (AvgIpc) is 3.11. The molecule has 1 aromatic heterocycles. The number of aromatic amines is 1. The molecule has 0 saturated carbocycles. The molecule has 0 fully saturated rings. The summed E-state index contributed by atoms with van der Waals surface area (Å²) in [5.74, 6) is -1.31. The maximum absolute atomic E-state index is 12.4. The molecular weight excluding hydrogens is 455 g/mol. The van der Waals surface area contributed by atoms with Crippen LogP contribution >= 0.6 is 23.2 Å². The van der Waals surface area contributed by atoms with Gasteiger partial charge >= 0.3 is 11.9 Å². The smallest absolute Gasteiger partial charge is 0.356 e. The summed E-state index contributed by atoms with van der Waals surface area (Å²) < 4.78 is 10.4. The predicted octanol–water partition coefficient (Wildman–Crippen LogP) is 5.27. The zero-order chi connectivity index (χ0) is 23.3. The standard InChI is InChI=1S/C23H22Cl2N2O5/c1-3-31-23(30)22-21(20-16(25)10-15(24)11-17(20)27-22)26-12-19(29)32-13(2)9-18(28)14-7-5-4-6-8-14/h4-8,10-11,13,26-27H,3,9,12H2,1-2H3. The molecule has 9 heteroatoms. The molecule has 0 aliphatic rings. The monoisotopic (exact) mass is 476 g/mol. The fourth-order valence-electron chi connectivity index (χ4n) is 3.25. The van der Waals surface area contributed by atoms with Crippen molar-refractivity contribution >= 4 is 57.5 Å². The summed E-state index contributed by atoms with van der Waals surface area (Å²) in [5, 5.41) is 4.10. The molecule has 168 valence electrons. The second-order valence-electron chi connectivity index (χ2n) is 7.05. The van der Waals surface area contributed by atoms with Gasteiger partial charge < -0.3 is 19.8 Å². The van der Waals surface area contributed by atoms with E-state index in [1.54, 1.807) is 44.2 Å². The number of nitrogens with one attached hydrogen (secondary N) is 2. The Bertz CT molecular complexity index is 1140. The minimum absolute atomic E-state index is 0.0568. The lowest BCUT2D eigenvalue weighted by molar-refractivity contribution is -0.145. The van der Waals surface area contributed by atoms with Gasteiger partial charge in [-0.25, -0.2) is 4.79 Å². The molecule has 2 N–H and O–H groups in total. The third-order valence-electron chi connectivity index (χ3n) is 4.60. The highest BCUT2D eigenvalue weighted by molar-refractivity contribution is 6.40. The maximum atomic E-state index is 12.4. The molecule has 2 aromatic carbocycles. The summed E-state index contributed by atoms with van der Waals surface area (Å²) >= 11 is 12.4. The summed E-state index contributed by atoms with van der Waals surface area (Å²) in [6.45, 7) is 3.26. The van der Waals surface area contributed by atoms with E-state index in [4.69, 9.17) is 32.7 Å². The van der Waals surface area contributed by atoms with Crippen LogP contribution < -0.4 is 5.32 Å². The number of rotatable bonds is 9. The minimum Gasteiger partial charge on any atom is -0.461 e. The molecule has 1 atom stereocenters. The molecule has 1 unspecified atom stereocenters. The van der Waals surface area contributed by atoms with Crippen LogP contribution in [0.2, 0.25) is 10.0 Å². The number of aromatic nitrogens is 1. The predicted molar refractivity (Wildman–Crippen MR) is 124 cm³/mol. The van der Waals surface area contributed by atoms with E-state index in [0.29, 0.717) is 32.2 Å². The highest BCUT2D eigenvalue weighted by atomic mass is 35.5. The van der Waals surface area contributed by atoms with E-state index >= 15 is 0 Å². The number of anilines is 1. The Balaban J connectivity index is 1.70. The Morgan fingerprint density at radius 1 is 1.12 bits per heavy atom. The Morgan fingerprint density at radius 3 is 2.53 bits per heavy atom. The molecule has 7 nitrogen and oxygen atoms in total. The molecule has 0 amide bonds. The molecule has 0 radical (unpaired) electrons. The van der Waals surface area contributed by atoms with Crippen LogP contribution in [0.25, 0.3) is 10.9 Å². The van der Waals surface area contributed by atoms with Crippen LogP contribution in [0.5, 0.6) is 0 Å². The lowest BCUT2D eigenvalue weighted by Crippen LogP contribution is -2.24. The van der Waals surface area contributed by atoms with Crippen LogP contribution in [-0.4, -0.2) is 42.0 Å². The zero-order valence-electron chi connectivity index (χ0n) is 17.5. The third kappa shape index (κ3) is 5.60. The number of esters is 2. The normalized spacial score (nSPS) is 11.8. The van der Waals surface area contributed by atoms with Crippen LogP contribution in [0.1, 0.15) is 41.1 Å². The third-order valence-corrected chi connectivity index (χ3v) is 5.12. The number of fused-ring (bicyclic) bond motifs is 1. The van der Waals surface area contributed by atoms with E-state index in [-0.39, 0.29) is 31.0 Å². The number of hydrogen-bond acceptors (Lipinski definition) is 6. The number of carbonyl (C=O) groups is 3. The van der Waals surface area contributed by atoms with Gasteiger partial charge in [0.15, 0.2) is 5.78 Å². The molecule has 0 spiro atoms. The van der Waals surface area contributed by atoms with E-state index in [0.717, 1.165) is 0 Å². The number of H-pyrrole nitrogens is 1. The second kappa shape index (κ2) is 10.5. The van der Waals surface area contributed by atoms with Gasteiger partial charge in [-0.05, 0) is 26.0 Å². The molecule has 3 rings (SSSR count). The first kappa shape index (κ1) is 23.6. The van der Waals surface area contributed by atoms with Gasteiger partial charge in [0.1, 0.15) is 18.3 Å². The van der Waals surface area contributed by atoms with Crippen molar-refractivity contribution < 1.29 is 23.9 Å². The van der Waals surface area contributed by atoms with Crippen molar-refractivity contribution in [1.82, 2.24) is 4.98 Å². The molecule has 0 aliphatic heterocycles. The Morgan fingerprint density at radius 2 is 1.84 bits per heavy atom. The van der Waals surface area contributed by atoms with E-state index in [1.807, 2.05) is 6.07 Å². The maximum Gasteiger partial charge on any atom is 0.356 e. The van der Waals surface area contributed by atoms with Crippen molar-refractivity contribution in [3.8, 4) is 0 Å². The average molecular weight is 477 g/mol. The molecule has 3 aromatic rings. The Hall–Kier alpha value is -3.03. The highest BCUT2D eigenvalue weighted by Gasteiger charge is 2.22. The van der Waals surface area contributed by atoms with Gasteiger partial charge in [0.05, 0.1) is 22.8 Å². The van der Waals surface area contributed by atoms with Gasteiger partial charge in [-0.2, -0.15) is 0 Å². The summed E-state index contributed by atoms with van der Waals surface area (Å²) in [4.78, 5) is 40.0. The van der Waals surface area contributed by atoms with E-state index in [1.165, 1.54) is 6.07 Å². The van der Waals surface area contributed by atoms with Crippen molar-refractivity contribution in [1.29, 1.82) is 0 Å².